The smallest absolute Gasteiger partial charge is 0.136 e. The number of rotatable bonds is 5. The lowest BCUT2D eigenvalue weighted by molar-refractivity contribution is -0.159. The molecule has 1 N–H and O–H groups in total. The van der Waals surface area contributed by atoms with Crippen LogP contribution in [0.1, 0.15) is 105 Å². The van der Waals surface area contributed by atoms with E-state index < -0.39 is 5.60 Å². The first kappa shape index (κ1) is 22.5. The number of hydrogen-bond acceptors (Lipinski definition) is 3. The van der Waals surface area contributed by atoms with E-state index in [-0.39, 0.29) is 11.3 Å². The molecule has 0 aromatic heterocycles. The summed E-state index contributed by atoms with van der Waals surface area (Å²) >= 11 is 0. The van der Waals surface area contributed by atoms with Gasteiger partial charge in [-0.3, -0.25) is 9.59 Å². The monoisotopic (exact) mass is 416 g/mol. The first-order chi connectivity index (χ1) is 14.0. The van der Waals surface area contributed by atoms with Crippen LogP contribution in [0.25, 0.3) is 0 Å². The second-order valence-corrected chi connectivity index (χ2v) is 12.8. The van der Waals surface area contributed by atoms with Crippen molar-refractivity contribution in [2.45, 2.75) is 111 Å². The first-order valence-electron chi connectivity index (χ1n) is 12.7. The lowest BCUT2D eigenvalue weighted by Gasteiger charge is -2.59. The second kappa shape index (κ2) is 7.71. The molecule has 3 nitrogen and oxygen atoms in total. The van der Waals surface area contributed by atoms with Gasteiger partial charge in [0.25, 0.3) is 0 Å². The summed E-state index contributed by atoms with van der Waals surface area (Å²) in [4.78, 5) is 25.5. The molecule has 4 fully saturated rings. The summed E-state index contributed by atoms with van der Waals surface area (Å²) in [5.41, 5.74) is -0.0787. The minimum absolute atomic E-state index is 0.199. The van der Waals surface area contributed by atoms with Crippen molar-refractivity contribution < 1.29 is 14.7 Å². The van der Waals surface area contributed by atoms with Crippen LogP contribution >= 0.6 is 0 Å². The maximum Gasteiger partial charge on any atom is 0.136 e. The summed E-state index contributed by atoms with van der Waals surface area (Å²) < 4.78 is 0. The Kier molecular flexibility index (Phi) is 5.78. The van der Waals surface area contributed by atoms with Crippen molar-refractivity contribution in [1.82, 2.24) is 0 Å². The van der Waals surface area contributed by atoms with Crippen molar-refractivity contribution in [3.8, 4) is 0 Å². The van der Waals surface area contributed by atoms with Gasteiger partial charge < -0.3 is 5.11 Å². The molecule has 3 heteroatoms. The highest BCUT2D eigenvalue weighted by Gasteiger charge is 2.63. The second-order valence-electron chi connectivity index (χ2n) is 12.8. The van der Waals surface area contributed by atoms with Crippen LogP contribution in [0.3, 0.4) is 0 Å². The van der Waals surface area contributed by atoms with E-state index in [2.05, 4.69) is 20.8 Å². The molecule has 0 unspecified atom stereocenters. The van der Waals surface area contributed by atoms with Crippen LogP contribution in [0.4, 0.5) is 0 Å². The molecule has 4 rings (SSSR count). The summed E-state index contributed by atoms with van der Waals surface area (Å²) in [5.74, 6) is 3.82. The Bertz CT molecular complexity index is 691. The molecule has 30 heavy (non-hydrogen) atoms. The molecule has 0 amide bonds. The van der Waals surface area contributed by atoms with E-state index in [0.717, 1.165) is 25.7 Å². The predicted molar refractivity (Wildman–Crippen MR) is 120 cm³/mol. The van der Waals surface area contributed by atoms with Crippen LogP contribution in [0, 0.1) is 46.3 Å². The molecule has 170 valence electrons. The van der Waals surface area contributed by atoms with E-state index in [1.54, 1.807) is 0 Å². The van der Waals surface area contributed by atoms with Crippen LogP contribution in [-0.2, 0) is 9.59 Å². The average Bonchev–Trinajstić information content (AvgIpc) is 2.99. The Morgan fingerprint density at radius 1 is 1.03 bits per heavy atom. The number of carbonyl (C=O) groups is 2. The number of fused-ring (bicyclic) bond motifs is 5. The minimum atomic E-state index is -0.568. The third kappa shape index (κ3) is 3.71. The zero-order valence-electron chi connectivity index (χ0n) is 20.0. The van der Waals surface area contributed by atoms with Gasteiger partial charge in [0.2, 0.25) is 0 Å². The molecule has 0 heterocycles. The fourth-order valence-electron chi connectivity index (χ4n) is 8.76. The molecule has 0 aromatic carbocycles. The van der Waals surface area contributed by atoms with Gasteiger partial charge in [0.05, 0.1) is 5.60 Å². The Morgan fingerprint density at radius 2 is 1.73 bits per heavy atom. The fraction of sp³-hybridized carbons (Fsp3) is 0.926. The van der Waals surface area contributed by atoms with Crippen LogP contribution in [-0.4, -0.2) is 22.3 Å². The Morgan fingerprint density at radius 3 is 2.43 bits per heavy atom. The third-order valence-corrected chi connectivity index (χ3v) is 10.5. The van der Waals surface area contributed by atoms with E-state index in [0.29, 0.717) is 59.4 Å². The largest absolute Gasteiger partial charge is 0.390 e. The lowest BCUT2D eigenvalue weighted by atomic mass is 9.44. The van der Waals surface area contributed by atoms with Crippen LogP contribution in [0.15, 0.2) is 0 Å². The molecule has 0 saturated heterocycles. The first-order valence-corrected chi connectivity index (χ1v) is 12.7. The van der Waals surface area contributed by atoms with Crippen molar-refractivity contribution in [2.24, 2.45) is 46.3 Å². The highest BCUT2D eigenvalue weighted by molar-refractivity contribution is 5.86. The molecule has 0 aliphatic heterocycles. The molecule has 0 radical (unpaired) electrons. The van der Waals surface area contributed by atoms with Gasteiger partial charge in [-0.1, -0.05) is 33.6 Å². The number of ketones is 2. The summed E-state index contributed by atoms with van der Waals surface area (Å²) in [7, 11) is 0. The molecule has 0 bridgehead atoms. The van der Waals surface area contributed by atoms with E-state index >= 15 is 0 Å². The van der Waals surface area contributed by atoms with E-state index in [9.17, 15) is 14.7 Å². The molecular weight excluding hydrogens is 372 g/mol. The Hall–Kier alpha value is -0.700. The molecule has 8 atom stereocenters. The molecule has 0 aromatic rings. The van der Waals surface area contributed by atoms with Gasteiger partial charge in [0, 0.05) is 25.2 Å². The molecule has 4 aliphatic carbocycles. The zero-order chi connectivity index (χ0) is 21.9. The Balaban J connectivity index is 1.50. The zero-order valence-corrected chi connectivity index (χ0v) is 20.0. The van der Waals surface area contributed by atoms with Crippen LogP contribution in [0.2, 0.25) is 0 Å². The van der Waals surface area contributed by atoms with E-state index in [4.69, 9.17) is 0 Å². The van der Waals surface area contributed by atoms with Crippen molar-refractivity contribution in [3.63, 3.8) is 0 Å². The van der Waals surface area contributed by atoms with E-state index in [1.807, 2.05) is 13.8 Å². The van der Waals surface area contributed by atoms with Crippen molar-refractivity contribution in [3.05, 3.63) is 0 Å². The highest BCUT2D eigenvalue weighted by Crippen LogP contribution is 2.67. The van der Waals surface area contributed by atoms with Gasteiger partial charge in [0.15, 0.2) is 0 Å². The summed E-state index contributed by atoms with van der Waals surface area (Å²) in [6.45, 7) is 11.2. The van der Waals surface area contributed by atoms with Crippen LogP contribution < -0.4 is 0 Å². The van der Waals surface area contributed by atoms with Crippen molar-refractivity contribution in [2.75, 3.05) is 0 Å². The van der Waals surface area contributed by atoms with E-state index in [1.165, 1.54) is 32.1 Å². The average molecular weight is 417 g/mol. The number of aliphatic hydroxyl groups is 1. The molecular formula is C27H44O3. The standard InChI is InChI=1S/C27H44O3/c1-17(7-6-12-25(2,3)30)20-8-9-21-24-22(11-14-27(20,21)5)26(4)13-10-19(28)15-18(26)16-23(24)29/h17-18,20-22,24,30H,6-16H2,1-5H3/t17-,18+,20-,21+,22+,24+,26+,27-/m1/s1. The van der Waals surface area contributed by atoms with Gasteiger partial charge in [-0.15, -0.1) is 0 Å². The van der Waals surface area contributed by atoms with Gasteiger partial charge in [-0.05, 0) is 92.8 Å². The van der Waals surface area contributed by atoms with Crippen molar-refractivity contribution >= 4 is 11.6 Å². The number of carbonyl (C=O) groups excluding carboxylic acids is 2. The highest BCUT2D eigenvalue weighted by atomic mass is 16.3. The molecule has 0 spiro atoms. The maximum atomic E-state index is 13.4. The third-order valence-electron chi connectivity index (χ3n) is 10.5. The van der Waals surface area contributed by atoms with Crippen LogP contribution in [0.5, 0.6) is 0 Å². The number of hydrogen-bond donors (Lipinski definition) is 1. The van der Waals surface area contributed by atoms with Gasteiger partial charge >= 0.3 is 0 Å². The SMILES string of the molecule is C[C@H](CCCC(C)(C)O)[C@H]1CC[C@H]2[C@@H]3C(=O)C[C@@H]4CC(=O)CC[C@]4(C)[C@H]3CC[C@]12C. The molecule has 4 aliphatic rings. The maximum absolute atomic E-state index is 13.4. The van der Waals surface area contributed by atoms with Gasteiger partial charge in [-0.2, -0.15) is 0 Å². The number of Topliss-reactive ketones (excluding diaryl/α,β-unsaturated/α-hetero) is 2. The lowest BCUT2D eigenvalue weighted by Crippen LogP contribution is -2.57. The quantitative estimate of drug-likeness (QED) is 0.600. The van der Waals surface area contributed by atoms with Crippen molar-refractivity contribution in [1.29, 1.82) is 0 Å². The van der Waals surface area contributed by atoms with Gasteiger partial charge in [0.1, 0.15) is 11.6 Å². The fourth-order valence-corrected chi connectivity index (χ4v) is 8.76. The molecule has 4 saturated carbocycles. The summed E-state index contributed by atoms with van der Waals surface area (Å²) in [5, 5.41) is 10.1. The topological polar surface area (TPSA) is 54.4 Å². The normalized spacial score (nSPS) is 44.9. The summed E-state index contributed by atoms with van der Waals surface area (Å²) in [6.07, 6.45) is 11.1. The van der Waals surface area contributed by atoms with Gasteiger partial charge in [-0.25, -0.2) is 0 Å². The predicted octanol–water partition coefficient (Wildman–Crippen LogP) is 5.97. The summed E-state index contributed by atoms with van der Waals surface area (Å²) in [6, 6.07) is 0. The Labute approximate surface area is 183 Å². The minimum Gasteiger partial charge on any atom is -0.390 e.